The third-order valence-electron chi connectivity index (χ3n) is 3.19. The summed E-state index contributed by atoms with van der Waals surface area (Å²) < 4.78 is 10.6. The average Bonchev–Trinajstić information content (AvgIpc) is 2.90. The van der Waals surface area contributed by atoms with E-state index in [1.165, 1.54) is 0 Å². The summed E-state index contributed by atoms with van der Waals surface area (Å²) in [5, 5.41) is 3.98. The molecule has 0 fully saturated rings. The maximum absolute atomic E-state index is 6.12. The largest absolute Gasteiger partial charge is 0.373 e. The Balaban J connectivity index is 2.08. The molecule has 0 aliphatic carbocycles. The summed E-state index contributed by atoms with van der Waals surface area (Å²) in [5.41, 5.74) is 7.27. The van der Waals surface area contributed by atoms with E-state index in [1.807, 2.05) is 44.2 Å². The highest BCUT2D eigenvalue weighted by Crippen LogP contribution is 2.24. The van der Waals surface area contributed by atoms with Crippen molar-refractivity contribution >= 4 is 0 Å². The quantitative estimate of drug-likeness (QED) is 0.877. The molecular weight excluding hydrogens is 254 g/mol. The first-order valence-corrected chi connectivity index (χ1v) is 6.77. The predicted octanol–water partition coefficient (Wildman–Crippen LogP) is 2.66. The second-order valence-corrected chi connectivity index (χ2v) is 5.19. The molecule has 0 radical (unpaired) electrons. The third-order valence-corrected chi connectivity index (χ3v) is 3.19. The number of hydrogen-bond donors (Lipinski definition) is 1. The molecule has 1 aromatic heterocycles. The number of nitrogens with two attached hydrogens (primary N) is 1. The van der Waals surface area contributed by atoms with Crippen molar-refractivity contribution in [1.82, 2.24) is 10.1 Å². The van der Waals surface area contributed by atoms with E-state index in [1.54, 1.807) is 7.11 Å². The van der Waals surface area contributed by atoms with Crippen LogP contribution in [0, 0.1) is 5.92 Å². The molecule has 0 saturated heterocycles. The van der Waals surface area contributed by atoms with E-state index < -0.39 is 0 Å². The van der Waals surface area contributed by atoms with Gasteiger partial charge in [0.15, 0.2) is 0 Å². The number of ether oxygens (including phenoxy) is 1. The van der Waals surface area contributed by atoms with Crippen LogP contribution in [0.3, 0.4) is 0 Å². The van der Waals surface area contributed by atoms with E-state index in [4.69, 9.17) is 15.0 Å². The van der Waals surface area contributed by atoms with E-state index in [2.05, 4.69) is 10.1 Å². The van der Waals surface area contributed by atoms with Crippen LogP contribution in [0.1, 0.15) is 43.3 Å². The molecule has 1 aromatic carbocycles. The SMILES string of the molecule is COC(c1noc([C@@H](N)Cc2ccccc2)n1)C(C)C. The van der Waals surface area contributed by atoms with Crippen molar-refractivity contribution in [1.29, 1.82) is 0 Å². The van der Waals surface area contributed by atoms with Crippen molar-refractivity contribution in [2.45, 2.75) is 32.4 Å². The minimum Gasteiger partial charge on any atom is -0.373 e. The molecule has 1 heterocycles. The Morgan fingerprint density at radius 3 is 2.55 bits per heavy atom. The molecule has 1 unspecified atom stereocenters. The van der Waals surface area contributed by atoms with Crippen LogP contribution < -0.4 is 5.73 Å². The van der Waals surface area contributed by atoms with Gasteiger partial charge in [0, 0.05) is 7.11 Å². The lowest BCUT2D eigenvalue weighted by Gasteiger charge is -2.14. The summed E-state index contributed by atoms with van der Waals surface area (Å²) in [6, 6.07) is 9.71. The second kappa shape index (κ2) is 6.63. The fourth-order valence-electron chi connectivity index (χ4n) is 2.14. The van der Waals surface area contributed by atoms with Gasteiger partial charge in [0.25, 0.3) is 0 Å². The zero-order valence-corrected chi connectivity index (χ0v) is 12.1. The van der Waals surface area contributed by atoms with Gasteiger partial charge in [-0.1, -0.05) is 49.3 Å². The van der Waals surface area contributed by atoms with Gasteiger partial charge in [-0.25, -0.2) is 0 Å². The van der Waals surface area contributed by atoms with Gasteiger partial charge in [-0.15, -0.1) is 0 Å². The van der Waals surface area contributed by atoms with E-state index >= 15 is 0 Å². The molecule has 2 atom stereocenters. The molecule has 2 N–H and O–H groups in total. The molecule has 2 rings (SSSR count). The summed E-state index contributed by atoms with van der Waals surface area (Å²) in [5.74, 6) is 1.28. The lowest BCUT2D eigenvalue weighted by atomic mass is 10.1. The van der Waals surface area contributed by atoms with Crippen LogP contribution in [-0.4, -0.2) is 17.3 Å². The molecule has 0 bridgehead atoms. The molecular formula is C15H21N3O2. The zero-order chi connectivity index (χ0) is 14.5. The van der Waals surface area contributed by atoms with Gasteiger partial charge < -0.3 is 15.0 Å². The number of methoxy groups -OCH3 is 1. The third kappa shape index (κ3) is 3.43. The van der Waals surface area contributed by atoms with Gasteiger partial charge >= 0.3 is 0 Å². The lowest BCUT2D eigenvalue weighted by Crippen LogP contribution is -2.15. The van der Waals surface area contributed by atoms with Crippen molar-refractivity contribution < 1.29 is 9.26 Å². The molecule has 5 nitrogen and oxygen atoms in total. The van der Waals surface area contributed by atoms with Gasteiger partial charge in [0.2, 0.25) is 11.7 Å². The summed E-state index contributed by atoms with van der Waals surface area (Å²) in [6.07, 6.45) is 0.498. The first-order valence-electron chi connectivity index (χ1n) is 6.77. The molecule has 0 amide bonds. The number of benzene rings is 1. The molecule has 20 heavy (non-hydrogen) atoms. The maximum Gasteiger partial charge on any atom is 0.243 e. The smallest absolute Gasteiger partial charge is 0.243 e. The highest BCUT2D eigenvalue weighted by Gasteiger charge is 2.23. The Morgan fingerprint density at radius 1 is 1.25 bits per heavy atom. The van der Waals surface area contributed by atoms with Gasteiger partial charge in [0.1, 0.15) is 6.10 Å². The second-order valence-electron chi connectivity index (χ2n) is 5.19. The van der Waals surface area contributed by atoms with Crippen molar-refractivity contribution in [3.63, 3.8) is 0 Å². The van der Waals surface area contributed by atoms with E-state index in [0.717, 1.165) is 5.56 Å². The Bertz CT molecular complexity index is 525. The van der Waals surface area contributed by atoms with Crippen molar-refractivity contribution in [2.24, 2.45) is 11.7 Å². The van der Waals surface area contributed by atoms with Crippen molar-refractivity contribution in [3.05, 3.63) is 47.6 Å². The van der Waals surface area contributed by atoms with Crippen LogP contribution >= 0.6 is 0 Å². The number of hydrogen-bond acceptors (Lipinski definition) is 5. The minimum absolute atomic E-state index is 0.170. The highest BCUT2D eigenvalue weighted by atomic mass is 16.5. The van der Waals surface area contributed by atoms with Gasteiger partial charge in [-0.2, -0.15) is 4.98 Å². The molecule has 0 spiro atoms. The summed E-state index contributed by atoms with van der Waals surface area (Å²) in [6.45, 7) is 4.10. The summed E-state index contributed by atoms with van der Waals surface area (Å²) in [4.78, 5) is 4.37. The van der Waals surface area contributed by atoms with Gasteiger partial charge in [-0.05, 0) is 17.9 Å². The summed E-state index contributed by atoms with van der Waals surface area (Å²) in [7, 11) is 1.64. The Labute approximate surface area is 119 Å². The van der Waals surface area contributed by atoms with Crippen LogP contribution in [0.15, 0.2) is 34.9 Å². The zero-order valence-electron chi connectivity index (χ0n) is 12.1. The highest BCUT2D eigenvalue weighted by molar-refractivity contribution is 5.16. The van der Waals surface area contributed by atoms with Crippen molar-refractivity contribution in [3.8, 4) is 0 Å². The molecule has 5 heteroatoms. The van der Waals surface area contributed by atoms with E-state index in [9.17, 15) is 0 Å². The minimum atomic E-state index is -0.302. The fraction of sp³-hybridized carbons (Fsp3) is 0.467. The van der Waals surface area contributed by atoms with E-state index in [0.29, 0.717) is 18.1 Å². The lowest BCUT2D eigenvalue weighted by molar-refractivity contribution is 0.0555. The van der Waals surface area contributed by atoms with Gasteiger partial charge in [0.05, 0.1) is 6.04 Å². The fourth-order valence-corrected chi connectivity index (χ4v) is 2.14. The molecule has 0 aliphatic heterocycles. The van der Waals surface area contributed by atoms with Crippen LogP contribution in [0.2, 0.25) is 0 Å². The standard InChI is InChI=1S/C15H21N3O2/c1-10(2)13(19-3)14-17-15(20-18-14)12(16)9-11-7-5-4-6-8-11/h4-8,10,12-13H,9,16H2,1-3H3/t12-,13?/m0/s1. The number of nitrogens with zero attached hydrogens (tertiary/aromatic N) is 2. The van der Waals surface area contributed by atoms with Crippen LogP contribution in [0.25, 0.3) is 0 Å². The molecule has 108 valence electrons. The Hall–Kier alpha value is -1.72. The van der Waals surface area contributed by atoms with Gasteiger partial charge in [-0.3, -0.25) is 0 Å². The normalized spacial score (nSPS) is 14.4. The number of aromatic nitrogens is 2. The van der Waals surface area contributed by atoms with Crippen LogP contribution in [0.5, 0.6) is 0 Å². The number of rotatable bonds is 6. The predicted molar refractivity (Wildman–Crippen MR) is 76.0 cm³/mol. The average molecular weight is 275 g/mol. The molecule has 0 saturated carbocycles. The molecule has 0 aliphatic rings. The summed E-state index contributed by atoms with van der Waals surface area (Å²) >= 11 is 0. The first kappa shape index (κ1) is 14.7. The first-order chi connectivity index (χ1) is 9.61. The monoisotopic (exact) mass is 275 g/mol. The Kier molecular flexibility index (Phi) is 4.87. The van der Waals surface area contributed by atoms with Crippen LogP contribution in [-0.2, 0) is 11.2 Å². The maximum atomic E-state index is 6.12. The Morgan fingerprint density at radius 2 is 1.95 bits per heavy atom. The van der Waals surface area contributed by atoms with E-state index in [-0.39, 0.29) is 18.1 Å². The topological polar surface area (TPSA) is 74.2 Å². The molecule has 2 aromatic rings. The van der Waals surface area contributed by atoms with Crippen LogP contribution in [0.4, 0.5) is 0 Å². The van der Waals surface area contributed by atoms with Crippen molar-refractivity contribution in [2.75, 3.05) is 7.11 Å².